The number of fused-ring (bicyclic) bond motifs is 1. The summed E-state index contributed by atoms with van der Waals surface area (Å²) < 4.78 is 5.28. The van der Waals surface area contributed by atoms with Gasteiger partial charge in [0, 0.05) is 25.1 Å². The van der Waals surface area contributed by atoms with Crippen LogP contribution in [0.5, 0.6) is 0 Å². The Labute approximate surface area is 145 Å². The molecule has 1 N–H and O–H groups in total. The molecule has 1 aromatic carbocycles. The molecule has 1 aliphatic rings. The summed E-state index contributed by atoms with van der Waals surface area (Å²) in [6.45, 7) is 1.32. The maximum absolute atomic E-state index is 12.4. The predicted molar refractivity (Wildman–Crippen MR) is 92.6 cm³/mol. The van der Waals surface area contributed by atoms with E-state index in [1.807, 2.05) is 30.3 Å². The second kappa shape index (κ2) is 7.59. The molecule has 0 saturated heterocycles. The second-order valence-corrected chi connectivity index (χ2v) is 6.68. The average molecular weight is 344 g/mol. The number of ether oxygens (including phenoxy) is 1. The minimum atomic E-state index is -0.705. The van der Waals surface area contributed by atoms with Crippen LogP contribution < -0.4 is 5.32 Å². The molecular formula is C18H20N2O3S. The highest BCUT2D eigenvalue weighted by Crippen LogP contribution is 2.24. The van der Waals surface area contributed by atoms with Gasteiger partial charge in [0.05, 0.1) is 6.54 Å². The van der Waals surface area contributed by atoms with E-state index < -0.39 is 6.10 Å². The zero-order valence-electron chi connectivity index (χ0n) is 13.5. The highest BCUT2D eigenvalue weighted by Gasteiger charge is 2.24. The first-order chi connectivity index (χ1) is 11.7. The van der Waals surface area contributed by atoms with Crippen LogP contribution >= 0.6 is 11.3 Å². The number of hydrogen-bond acceptors (Lipinski definition) is 4. The van der Waals surface area contributed by atoms with Gasteiger partial charge in [-0.25, -0.2) is 0 Å². The van der Waals surface area contributed by atoms with E-state index in [0.29, 0.717) is 13.1 Å². The summed E-state index contributed by atoms with van der Waals surface area (Å²) in [7, 11) is 1.49. The van der Waals surface area contributed by atoms with Crippen LogP contribution in [-0.4, -0.2) is 36.9 Å². The summed E-state index contributed by atoms with van der Waals surface area (Å²) in [5.41, 5.74) is 1.98. The number of rotatable bonds is 5. The molecule has 0 spiro atoms. The van der Waals surface area contributed by atoms with Crippen LogP contribution in [-0.2, 0) is 27.3 Å². The van der Waals surface area contributed by atoms with Crippen molar-refractivity contribution in [2.24, 2.45) is 0 Å². The lowest BCUT2D eigenvalue weighted by Crippen LogP contribution is -2.43. The van der Waals surface area contributed by atoms with Crippen LogP contribution in [0.4, 0.5) is 0 Å². The maximum atomic E-state index is 12.4. The van der Waals surface area contributed by atoms with Crippen molar-refractivity contribution in [2.45, 2.75) is 19.1 Å². The minimum Gasteiger partial charge on any atom is -0.367 e. The van der Waals surface area contributed by atoms with Crippen molar-refractivity contribution in [2.75, 3.05) is 20.2 Å². The fraction of sp³-hybridized carbons (Fsp3) is 0.333. The first-order valence-corrected chi connectivity index (χ1v) is 8.75. The molecule has 24 heavy (non-hydrogen) atoms. The van der Waals surface area contributed by atoms with Gasteiger partial charge in [-0.1, -0.05) is 30.3 Å². The third kappa shape index (κ3) is 3.66. The molecule has 0 fully saturated rings. The second-order valence-electron chi connectivity index (χ2n) is 5.68. The summed E-state index contributed by atoms with van der Waals surface area (Å²) in [5, 5.41) is 4.75. The first-order valence-electron chi connectivity index (χ1n) is 7.87. The molecule has 1 aromatic heterocycles. The Hall–Kier alpha value is -2.18. The van der Waals surface area contributed by atoms with Crippen molar-refractivity contribution >= 4 is 23.2 Å². The normalized spacial score (nSPS) is 14.8. The largest absolute Gasteiger partial charge is 0.367 e. The van der Waals surface area contributed by atoms with E-state index in [2.05, 4.69) is 16.8 Å². The Morgan fingerprint density at radius 2 is 2.08 bits per heavy atom. The van der Waals surface area contributed by atoms with Gasteiger partial charge in [0.25, 0.3) is 5.91 Å². The molecule has 1 aliphatic heterocycles. The van der Waals surface area contributed by atoms with Gasteiger partial charge in [0.1, 0.15) is 0 Å². The van der Waals surface area contributed by atoms with Gasteiger partial charge in [0.15, 0.2) is 6.10 Å². The van der Waals surface area contributed by atoms with Gasteiger partial charge < -0.3 is 15.0 Å². The van der Waals surface area contributed by atoms with Gasteiger partial charge in [-0.15, -0.1) is 11.3 Å². The van der Waals surface area contributed by atoms with Gasteiger partial charge in [-0.2, -0.15) is 0 Å². The first kappa shape index (κ1) is 16.7. The molecule has 0 saturated carbocycles. The molecular weight excluding hydrogens is 324 g/mol. The quantitative estimate of drug-likeness (QED) is 0.904. The van der Waals surface area contributed by atoms with Crippen molar-refractivity contribution < 1.29 is 14.3 Å². The Balaban J connectivity index is 1.55. The summed E-state index contributed by atoms with van der Waals surface area (Å²) in [4.78, 5) is 27.8. The van der Waals surface area contributed by atoms with E-state index in [9.17, 15) is 9.59 Å². The summed E-state index contributed by atoms with van der Waals surface area (Å²) in [5.74, 6) is -0.367. The van der Waals surface area contributed by atoms with Crippen molar-refractivity contribution in [1.29, 1.82) is 0 Å². The third-order valence-electron chi connectivity index (χ3n) is 4.15. The monoisotopic (exact) mass is 344 g/mol. The predicted octanol–water partition coefficient (Wildman–Crippen LogP) is 2.14. The zero-order valence-corrected chi connectivity index (χ0v) is 14.3. The third-order valence-corrected chi connectivity index (χ3v) is 5.17. The lowest BCUT2D eigenvalue weighted by Gasteiger charge is -2.27. The van der Waals surface area contributed by atoms with Crippen LogP contribution in [0.2, 0.25) is 0 Å². The lowest BCUT2D eigenvalue weighted by molar-refractivity contribution is -0.137. The van der Waals surface area contributed by atoms with Crippen LogP contribution in [0, 0.1) is 0 Å². The van der Waals surface area contributed by atoms with E-state index >= 15 is 0 Å². The van der Waals surface area contributed by atoms with Crippen LogP contribution in [0.25, 0.3) is 0 Å². The Kier molecular flexibility index (Phi) is 5.27. The van der Waals surface area contributed by atoms with Gasteiger partial charge in [-0.05, 0) is 29.0 Å². The highest BCUT2D eigenvalue weighted by atomic mass is 32.1. The highest BCUT2D eigenvalue weighted by molar-refractivity contribution is 7.10. The fourth-order valence-electron chi connectivity index (χ4n) is 2.85. The minimum absolute atomic E-state index is 0.00893. The molecule has 0 radical (unpaired) electrons. The number of benzene rings is 1. The van der Waals surface area contributed by atoms with Crippen molar-refractivity contribution in [1.82, 2.24) is 10.2 Å². The number of nitrogens with zero attached hydrogens (tertiary/aromatic N) is 1. The Morgan fingerprint density at radius 1 is 1.29 bits per heavy atom. The maximum Gasteiger partial charge on any atom is 0.254 e. The van der Waals surface area contributed by atoms with Crippen LogP contribution in [0.15, 0.2) is 41.8 Å². The molecule has 0 unspecified atom stereocenters. The lowest BCUT2D eigenvalue weighted by atomic mass is 10.1. The topological polar surface area (TPSA) is 58.6 Å². The van der Waals surface area contributed by atoms with E-state index in [1.54, 1.807) is 16.2 Å². The SMILES string of the molecule is CO[C@@H](C(=O)NCC(=O)N1CCc2sccc2C1)c1ccccc1. The van der Waals surface area contributed by atoms with Crippen molar-refractivity contribution in [3.63, 3.8) is 0 Å². The standard InChI is InChI=1S/C18H20N2O3S/c1-23-17(13-5-3-2-4-6-13)18(22)19-11-16(21)20-9-7-15-14(12-20)8-10-24-15/h2-6,8,10,17H,7,9,11-12H2,1H3,(H,19,22)/t17-/m1/s1. The summed E-state index contributed by atoms with van der Waals surface area (Å²) in [6, 6.07) is 11.3. The molecule has 6 heteroatoms. The molecule has 126 valence electrons. The molecule has 5 nitrogen and oxygen atoms in total. The fourth-order valence-corrected chi connectivity index (χ4v) is 3.74. The van der Waals surface area contributed by atoms with E-state index in [0.717, 1.165) is 12.0 Å². The Morgan fingerprint density at radius 3 is 2.83 bits per heavy atom. The number of methoxy groups -OCH3 is 1. The van der Waals surface area contributed by atoms with Gasteiger partial charge >= 0.3 is 0 Å². The van der Waals surface area contributed by atoms with Crippen LogP contribution in [0.3, 0.4) is 0 Å². The number of nitrogens with one attached hydrogen (secondary N) is 1. The smallest absolute Gasteiger partial charge is 0.254 e. The molecule has 0 aliphatic carbocycles. The molecule has 0 bridgehead atoms. The number of amides is 2. The number of thiophene rings is 1. The summed E-state index contributed by atoms with van der Waals surface area (Å²) >= 11 is 1.74. The number of carbonyl (C=O) groups excluding carboxylic acids is 2. The Bertz CT molecular complexity index is 714. The van der Waals surface area contributed by atoms with Crippen LogP contribution in [0.1, 0.15) is 22.1 Å². The van der Waals surface area contributed by atoms with Gasteiger partial charge in [0.2, 0.25) is 5.91 Å². The molecule has 3 rings (SSSR count). The number of hydrogen-bond donors (Lipinski definition) is 1. The summed E-state index contributed by atoms with van der Waals surface area (Å²) in [6.07, 6.45) is 0.182. The van der Waals surface area contributed by atoms with Crippen molar-refractivity contribution in [3.8, 4) is 0 Å². The molecule has 2 aromatic rings. The zero-order chi connectivity index (χ0) is 16.9. The molecule has 2 heterocycles. The number of carbonyl (C=O) groups is 2. The average Bonchev–Trinajstić information content (AvgIpc) is 3.09. The van der Waals surface area contributed by atoms with E-state index in [-0.39, 0.29) is 18.4 Å². The van der Waals surface area contributed by atoms with Crippen molar-refractivity contribution in [3.05, 3.63) is 57.8 Å². The van der Waals surface area contributed by atoms with E-state index in [4.69, 9.17) is 4.74 Å². The van der Waals surface area contributed by atoms with E-state index in [1.165, 1.54) is 17.6 Å². The van der Waals surface area contributed by atoms with Gasteiger partial charge in [-0.3, -0.25) is 9.59 Å². The molecule has 1 atom stereocenters. The molecule has 2 amide bonds.